The zero-order valence-corrected chi connectivity index (χ0v) is 11.5. The molecular formula is C14H12BrNO3. The quantitative estimate of drug-likeness (QED) is 0.814. The van der Waals surface area contributed by atoms with E-state index in [1.807, 2.05) is 0 Å². The number of hydrogen-bond acceptors (Lipinski definition) is 3. The molecule has 0 aromatic heterocycles. The smallest absolute Gasteiger partial charge is 0.251 e. The van der Waals surface area contributed by atoms with Crippen LogP contribution in [-0.2, 0) is 6.54 Å². The number of amides is 1. The summed E-state index contributed by atoms with van der Waals surface area (Å²) >= 11 is 3.16. The molecule has 0 bridgehead atoms. The molecular weight excluding hydrogens is 310 g/mol. The second-order valence-electron chi connectivity index (χ2n) is 4.02. The van der Waals surface area contributed by atoms with E-state index in [0.29, 0.717) is 16.6 Å². The molecule has 1 amide bonds. The Balaban J connectivity index is 2.01. The maximum atomic E-state index is 11.9. The van der Waals surface area contributed by atoms with E-state index in [-0.39, 0.29) is 17.4 Å². The summed E-state index contributed by atoms with van der Waals surface area (Å²) < 4.78 is 0.544. The van der Waals surface area contributed by atoms with E-state index in [2.05, 4.69) is 21.2 Å². The van der Waals surface area contributed by atoms with Crippen LogP contribution in [0, 0.1) is 0 Å². The Bertz CT molecular complexity index is 596. The molecule has 0 aliphatic heterocycles. The van der Waals surface area contributed by atoms with E-state index < -0.39 is 0 Å². The monoisotopic (exact) mass is 321 g/mol. The van der Waals surface area contributed by atoms with Crippen molar-refractivity contribution in [2.24, 2.45) is 0 Å². The highest BCUT2D eigenvalue weighted by molar-refractivity contribution is 9.10. The van der Waals surface area contributed by atoms with Crippen LogP contribution in [0.1, 0.15) is 15.9 Å². The van der Waals surface area contributed by atoms with Crippen molar-refractivity contribution in [3.05, 3.63) is 58.1 Å². The van der Waals surface area contributed by atoms with Crippen LogP contribution in [0.3, 0.4) is 0 Å². The standard InChI is InChI=1S/C14H12BrNO3/c15-12-6-3-10(7-13(12)18)14(19)16-8-9-1-4-11(17)5-2-9/h1-7,17-18H,8H2,(H,16,19). The molecule has 4 nitrogen and oxygen atoms in total. The minimum absolute atomic E-state index is 0.0253. The van der Waals surface area contributed by atoms with Crippen LogP contribution in [0.2, 0.25) is 0 Å². The number of nitrogens with one attached hydrogen (secondary N) is 1. The summed E-state index contributed by atoms with van der Waals surface area (Å²) in [5.74, 6) is -0.0546. The number of halogens is 1. The molecule has 0 spiro atoms. The van der Waals surface area contributed by atoms with Crippen LogP contribution in [0.15, 0.2) is 46.9 Å². The van der Waals surface area contributed by atoms with Crippen LogP contribution >= 0.6 is 15.9 Å². The zero-order valence-electron chi connectivity index (χ0n) is 9.93. The van der Waals surface area contributed by atoms with E-state index >= 15 is 0 Å². The molecule has 0 heterocycles. The van der Waals surface area contributed by atoms with Gasteiger partial charge in [0, 0.05) is 12.1 Å². The van der Waals surface area contributed by atoms with Gasteiger partial charge in [0.05, 0.1) is 4.47 Å². The van der Waals surface area contributed by atoms with E-state index in [1.165, 1.54) is 6.07 Å². The van der Waals surface area contributed by atoms with Gasteiger partial charge in [-0.2, -0.15) is 0 Å². The van der Waals surface area contributed by atoms with Gasteiger partial charge >= 0.3 is 0 Å². The van der Waals surface area contributed by atoms with Crippen molar-refractivity contribution in [3.63, 3.8) is 0 Å². The fourth-order valence-corrected chi connectivity index (χ4v) is 1.80. The number of carbonyl (C=O) groups is 1. The number of aromatic hydroxyl groups is 2. The van der Waals surface area contributed by atoms with Crippen LogP contribution in [0.5, 0.6) is 11.5 Å². The minimum atomic E-state index is -0.268. The van der Waals surface area contributed by atoms with Gasteiger partial charge in [0.15, 0.2) is 0 Å². The average Bonchev–Trinajstić information content (AvgIpc) is 2.41. The Labute approximate surface area is 118 Å². The van der Waals surface area contributed by atoms with Crippen LogP contribution < -0.4 is 5.32 Å². The zero-order chi connectivity index (χ0) is 13.8. The third-order valence-corrected chi connectivity index (χ3v) is 3.27. The molecule has 2 aromatic carbocycles. The Morgan fingerprint density at radius 2 is 1.79 bits per heavy atom. The molecule has 2 rings (SSSR count). The summed E-state index contributed by atoms with van der Waals surface area (Å²) in [6, 6.07) is 11.2. The van der Waals surface area contributed by atoms with Crippen molar-refractivity contribution in [3.8, 4) is 11.5 Å². The Kier molecular flexibility index (Phi) is 4.06. The summed E-state index contributed by atoms with van der Waals surface area (Å²) in [6.07, 6.45) is 0. The summed E-state index contributed by atoms with van der Waals surface area (Å²) in [6.45, 7) is 0.357. The van der Waals surface area contributed by atoms with Gasteiger partial charge in [-0.15, -0.1) is 0 Å². The number of phenolic OH excluding ortho intramolecular Hbond substituents is 2. The van der Waals surface area contributed by atoms with Crippen molar-refractivity contribution in [1.82, 2.24) is 5.32 Å². The molecule has 0 saturated heterocycles. The van der Waals surface area contributed by atoms with Crippen molar-refractivity contribution in [1.29, 1.82) is 0 Å². The second kappa shape index (κ2) is 5.75. The lowest BCUT2D eigenvalue weighted by Gasteiger charge is -2.06. The van der Waals surface area contributed by atoms with Gasteiger partial charge in [-0.05, 0) is 51.8 Å². The lowest BCUT2D eigenvalue weighted by Crippen LogP contribution is -2.22. The van der Waals surface area contributed by atoms with Crippen molar-refractivity contribution < 1.29 is 15.0 Å². The Morgan fingerprint density at radius 3 is 2.42 bits per heavy atom. The van der Waals surface area contributed by atoms with E-state index in [9.17, 15) is 9.90 Å². The predicted octanol–water partition coefficient (Wildman–Crippen LogP) is 2.79. The molecule has 0 fully saturated rings. The van der Waals surface area contributed by atoms with Crippen molar-refractivity contribution >= 4 is 21.8 Å². The maximum absolute atomic E-state index is 11.9. The number of carbonyl (C=O) groups excluding carboxylic acids is 1. The molecule has 0 atom stereocenters. The first-order valence-corrected chi connectivity index (χ1v) is 6.40. The number of hydrogen-bond donors (Lipinski definition) is 3. The highest BCUT2D eigenvalue weighted by atomic mass is 79.9. The molecule has 0 saturated carbocycles. The first kappa shape index (κ1) is 13.4. The highest BCUT2D eigenvalue weighted by Gasteiger charge is 2.07. The predicted molar refractivity (Wildman–Crippen MR) is 75.1 cm³/mol. The number of rotatable bonds is 3. The van der Waals surface area contributed by atoms with Gasteiger partial charge in [0.2, 0.25) is 0 Å². The largest absolute Gasteiger partial charge is 0.508 e. The van der Waals surface area contributed by atoms with E-state index in [0.717, 1.165) is 5.56 Å². The SMILES string of the molecule is O=C(NCc1ccc(O)cc1)c1ccc(Br)c(O)c1. The lowest BCUT2D eigenvalue weighted by atomic mass is 10.2. The molecule has 0 aliphatic carbocycles. The highest BCUT2D eigenvalue weighted by Crippen LogP contribution is 2.24. The van der Waals surface area contributed by atoms with Gasteiger partial charge in [-0.3, -0.25) is 4.79 Å². The second-order valence-corrected chi connectivity index (χ2v) is 4.87. The molecule has 2 aromatic rings. The van der Waals surface area contributed by atoms with E-state index in [1.54, 1.807) is 36.4 Å². The summed E-state index contributed by atoms with van der Waals surface area (Å²) in [7, 11) is 0. The first-order chi connectivity index (χ1) is 9.06. The van der Waals surface area contributed by atoms with Gasteiger partial charge in [-0.1, -0.05) is 12.1 Å². The summed E-state index contributed by atoms with van der Waals surface area (Å²) in [5, 5.41) is 21.4. The molecule has 98 valence electrons. The molecule has 19 heavy (non-hydrogen) atoms. The fraction of sp³-hybridized carbons (Fsp3) is 0.0714. The van der Waals surface area contributed by atoms with Gasteiger partial charge in [0.1, 0.15) is 11.5 Å². The van der Waals surface area contributed by atoms with Crippen LogP contribution in [0.25, 0.3) is 0 Å². The third-order valence-electron chi connectivity index (χ3n) is 2.60. The minimum Gasteiger partial charge on any atom is -0.508 e. The molecule has 0 aliphatic rings. The molecule has 5 heteroatoms. The third kappa shape index (κ3) is 3.48. The van der Waals surface area contributed by atoms with E-state index in [4.69, 9.17) is 5.11 Å². The van der Waals surface area contributed by atoms with Gasteiger partial charge in [0.25, 0.3) is 5.91 Å². The maximum Gasteiger partial charge on any atom is 0.251 e. The Morgan fingerprint density at radius 1 is 1.11 bits per heavy atom. The fourth-order valence-electron chi connectivity index (χ4n) is 1.55. The van der Waals surface area contributed by atoms with Crippen LogP contribution in [0.4, 0.5) is 0 Å². The number of benzene rings is 2. The van der Waals surface area contributed by atoms with Gasteiger partial charge in [-0.25, -0.2) is 0 Å². The molecule has 3 N–H and O–H groups in total. The molecule has 0 radical (unpaired) electrons. The first-order valence-electron chi connectivity index (χ1n) is 5.61. The van der Waals surface area contributed by atoms with Gasteiger partial charge < -0.3 is 15.5 Å². The molecule has 0 unspecified atom stereocenters. The summed E-state index contributed by atoms with van der Waals surface area (Å²) in [5.41, 5.74) is 1.27. The number of phenols is 2. The van der Waals surface area contributed by atoms with Crippen LogP contribution in [-0.4, -0.2) is 16.1 Å². The van der Waals surface area contributed by atoms with Crippen molar-refractivity contribution in [2.75, 3.05) is 0 Å². The topological polar surface area (TPSA) is 69.6 Å². The normalized spacial score (nSPS) is 10.2. The lowest BCUT2D eigenvalue weighted by molar-refractivity contribution is 0.0950. The summed E-state index contributed by atoms with van der Waals surface area (Å²) in [4.78, 5) is 11.9. The van der Waals surface area contributed by atoms with Crippen molar-refractivity contribution in [2.45, 2.75) is 6.54 Å². The Hall–Kier alpha value is -2.01. The average molecular weight is 322 g/mol.